The van der Waals surface area contributed by atoms with Crippen molar-refractivity contribution in [1.29, 1.82) is 0 Å². The van der Waals surface area contributed by atoms with Crippen LogP contribution < -0.4 is 0 Å². The standard InChI is InChI=1S/C26H38N4O5S/c1-15-8-7-9-30-20(13-27-29-30)11-21(16(2)10-19-14-36-18(4)28-19)35-23(32)12-22(31)26(5,6)25(34)17(3)24(15)33/h10,13-15,17,21-22,24,31,33H,7-9,11-12H2,1-6H3/b16-10+/t15-,17+,21-,22-,24-/m0/s1. The first kappa shape index (κ1) is 28.1. The highest BCUT2D eigenvalue weighted by Crippen LogP contribution is 2.32. The van der Waals surface area contributed by atoms with E-state index >= 15 is 0 Å². The third-order valence-electron chi connectivity index (χ3n) is 7.25. The summed E-state index contributed by atoms with van der Waals surface area (Å²) in [5, 5.41) is 32.9. The van der Waals surface area contributed by atoms with Crippen LogP contribution in [0.1, 0.15) is 70.3 Å². The third-order valence-corrected chi connectivity index (χ3v) is 8.04. The fraction of sp³-hybridized carbons (Fsp3) is 0.654. The molecule has 0 saturated carbocycles. The molecule has 0 unspecified atom stereocenters. The van der Waals surface area contributed by atoms with Gasteiger partial charge in [0, 0.05) is 24.3 Å². The number of fused-ring (bicyclic) bond motifs is 1. The average Bonchev–Trinajstić information content (AvgIpc) is 3.44. The molecule has 198 valence electrons. The quantitative estimate of drug-likeness (QED) is 0.579. The summed E-state index contributed by atoms with van der Waals surface area (Å²) in [5.74, 6) is -1.70. The lowest BCUT2D eigenvalue weighted by Crippen LogP contribution is -2.45. The van der Waals surface area contributed by atoms with Crippen LogP contribution in [0.4, 0.5) is 0 Å². The van der Waals surface area contributed by atoms with E-state index in [0.717, 1.165) is 28.4 Å². The van der Waals surface area contributed by atoms with E-state index in [9.17, 15) is 19.8 Å². The highest BCUT2D eigenvalue weighted by molar-refractivity contribution is 7.09. The molecule has 36 heavy (non-hydrogen) atoms. The van der Waals surface area contributed by atoms with Gasteiger partial charge >= 0.3 is 5.97 Å². The number of rotatable bonds is 2. The predicted molar refractivity (Wildman–Crippen MR) is 137 cm³/mol. The Bertz CT molecular complexity index is 1090. The van der Waals surface area contributed by atoms with Gasteiger partial charge in [0.1, 0.15) is 11.9 Å². The number of carbonyl (C=O) groups is 2. The smallest absolute Gasteiger partial charge is 0.309 e. The zero-order chi connectivity index (χ0) is 26.6. The Kier molecular flexibility index (Phi) is 9.18. The number of ether oxygens (including phenoxy) is 1. The van der Waals surface area contributed by atoms with Crippen LogP contribution in [0.25, 0.3) is 6.08 Å². The van der Waals surface area contributed by atoms with Crippen molar-refractivity contribution in [1.82, 2.24) is 20.0 Å². The van der Waals surface area contributed by atoms with Gasteiger partial charge in [0.2, 0.25) is 0 Å². The number of ketones is 1. The maximum atomic E-state index is 13.2. The summed E-state index contributed by atoms with van der Waals surface area (Å²) in [7, 11) is 0. The van der Waals surface area contributed by atoms with Gasteiger partial charge in [0.25, 0.3) is 0 Å². The van der Waals surface area contributed by atoms with Crippen molar-refractivity contribution < 1.29 is 24.5 Å². The Hall–Kier alpha value is -2.43. The number of thiazole rings is 1. The van der Waals surface area contributed by atoms with Crippen LogP contribution in [0.15, 0.2) is 17.2 Å². The molecule has 0 bridgehead atoms. The molecule has 2 aromatic rings. The molecule has 2 N–H and O–H groups in total. The van der Waals surface area contributed by atoms with Crippen molar-refractivity contribution >= 4 is 29.2 Å². The average molecular weight is 519 g/mol. The normalized spacial score (nSPS) is 29.0. The molecule has 0 amide bonds. The van der Waals surface area contributed by atoms with E-state index in [2.05, 4.69) is 15.3 Å². The molecule has 3 rings (SSSR count). The second-order valence-corrected chi connectivity index (χ2v) is 11.6. The van der Waals surface area contributed by atoms with E-state index in [4.69, 9.17) is 4.74 Å². The Morgan fingerprint density at radius 2 is 1.97 bits per heavy atom. The molecule has 0 aromatic carbocycles. The van der Waals surface area contributed by atoms with E-state index in [-0.39, 0.29) is 18.1 Å². The van der Waals surface area contributed by atoms with Crippen molar-refractivity contribution in [2.24, 2.45) is 17.3 Å². The molecule has 10 heteroatoms. The van der Waals surface area contributed by atoms with Crippen LogP contribution in [0, 0.1) is 24.2 Å². The van der Waals surface area contributed by atoms with Crippen LogP contribution in [0.2, 0.25) is 0 Å². The Morgan fingerprint density at radius 1 is 1.25 bits per heavy atom. The van der Waals surface area contributed by atoms with Crippen molar-refractivity contribution in [2.45, 2.75) is 92.1 Å². The molecule has 1 aliphatic heterocycles. The van der Waals surface area contributed by atoms with Crippen LogP contribution in [0.3, 0.4) is 0 Å². The van der Waals surface area contributed by atoms with E-state index in [0.29, 0.717) is 19.4 Å². The molecule has 1 aliphatic rings. The molecule has 0 spiro atoms. The van der Waals surface area contributed by atoms with Crippen molar-refractivity contribution in [3.05, 3.63) is 33.5 Å². The number of aryl methyl sites for hydroxylation is 2. The Balaban J connectivity index is 1.93. The van der Waals surface area contributed by atoms with Gasteiger partial charge in [-0.2, -0.15) is 0 Å². The Morgan fingerprint density at radius 3 is 2.64 bits per heavy atom. The first-order valence-electron chi connectivity index (χ1n) is 12.5. The lowest BCUT2D eigenvalue weighted by Gasteiger charge is -2.34. The van der Waals surface area contributed by atoms with E-state index < -0.39 is 35.6 Å². The number of aromatic nitrogens is 4. The number of aliphatic hydroxyl groups is 2. The summed E-state index contributed by atoms with van der Waals surface area (Å²) in [4.78, 5) is 30.7. The highest BCUT2D eigenvalue weighted by atomic mass is 32.1. The SMILES string of the molecule is C/C(=C\c1csc(C)n1)[C@@H]1Cc2cnnn2CCC[C@H](C)[C@H](O)[C@@H](C)C(=O)C(C)(C)[C@@H](O)CC(=O)O1. The maximum absolute atomic E-state index is 13.2. The second kappa shape index (κ2) is 11.7. The zero-order valence-corrected chi connectivity index (χ0v) is 22.8. The number of hydrogen-bond donors (Lipinski definition) is 2. The minimum Gasteiger partial charge on any atom is -0.457 e. The molecule has 0 radical (unpaired) electrons. The minimum absolute atomic E-state index is 0.124. The van der Waals surface area contributed by atoms with Gasteiger partial charge in [-0.3, -0.25) is 9.59 Å². The minimum atomic E-state index is -1.26. The maximum Gasteiger partial charge on any atom is 0.309 e. The summed E-state index contributed by atoms with van der Waals surface area (Å²) in [5.41, 5.74) is 1.19. The zero-order valence-electron chi connectivity index (χ0n) is 22.0. The molecule has 0 fully saturated rings. The third kappa shape index (κ3) is 6.66. The topological polar surface area (TPSA) is 127 Å². The summed E-state index contributed by atoms with van der Waals surface area (Å²) in [6, 6.07) is 0. The molecule has 5 atom stereocenters. The summed E-state index contributed by atoms with van der Waals surface area (Å²) >= 11 is 1.54. The van der Waals surface area contributed by atoms with Crippen LogP contribution in [-0.4, -0.2) is 60.3 Å². The number of carbonyl (C=O) groups excluding carboxylic acids is 2. The van der Waals surface area contributed by atoms with Crippen LogP contribution in [-0.2, 0) is 27.3 Å². The lowest BCUT2D eigenvalue weighted by atomic mass is 9.73. The van der Waals surface area contributed by atoms with Gasteiger partial charge in [-0.1, -0.05) is 32.9 Å². The molecule has 9 nitrogen and oxygen atoms in total. The van der Waals surface area contributed by atoms with Gasteiger partial charge in [-0.25, -0.2) is 9.67 Å². The van der Waals surface area contributed by atoms with Crippen LogP contribution in [0.5, 0.6) is 0 Å². The molecule has 0 saturated heterocycles. The number of aliphatic hydroxyl groups excluding tert-OH is 2. The molecular weight excluding hydrogens is 480 g/mol. The van der Waals surface area contributed by atoms with Crippen molar-refractivity contribution in [2.75, 3.05) is 0 Å². The fourth-order valence-corrected chi connectivity index (χ4v) is 5.21. The van der Waals surface area contributed by atoms with Gasteiger partial charge in [0.05, 0.1) is 46.6 Å². The van der Waals surface area contributed by atoms with Gasteiger partial charge in [-0.15, -0.1) is 16.4 Å². The lowest BCUT2D eigenvalue weighted by molar-refractivity contribution is -0.154. The number of nitrogens with zero attached hydrogens (tertiary/aromatic N) is 4. The van der Waals surface area contributed by atoms with Crippen molar-refractivity contribution in [3.63, 3.8) is 0 Å². The van der Waals surface area contributed by atoms with Gasteiger partial charge < -0.3 is 14.9 Å². The summed E-state index contributed by atoms with van der Waals surface area (Å²) < 4.78 is 7.65. The number of cyclic esters (lactones) is 1. The fourth-order valence-electron chi connectivity index (χ4n) is 4.64. The Labute approximate surface area is 216 Å². The monoisotopic (exact) mass is 518 g/mol. The highest BCUT2D eigenvalue weighted by Gasteiger charge is 2.42. The number of hydrogen-bond acceptors (Lipinski definition) is 9. The number of esters is 1. The first-order chi connectivity index (χ1) is 16.9. The summed E-state index contributed by atoms with van der Waals surface area (Å²) in [6.45, 7) is 11.2. The van der Waals surface area contributed by atoms with Gasteiger partial charge in [0.15, 0.2) is 0 Å². The van der Waals surface area contributed by atoms with Gasteiger partial charge in [-0.05, 0) is 44.3 Å². The summed E-state index contributed by atoms with van der Waals surface area (Å²) in [6.07, 6.45) is 2.28. The molecular formula is C26H38N4O5S. The van der Waals surface area contributed by atoms with E-state index in [1.54, 1.807) is 43.0 Å². The predicted octanol–water partition coefficient (Wildman–Crippen LogP) is 3.37. The largest absolute Gasteiger partial charge is 0.457 e. The van der Waals surface area contributed by atoms with Crippen molar-refractivity contribution in [3.8, 4) is 0 Å². The molecule has 3 heterocycles. The second-order valence-electron chi connectivity index (χ2n) is 10.5. The van der Waals surface area contributed by atoms with E-state index in [1.165, 1.54) is 0 Å². The first-order valence-corrected chi connectivity index (χ1v) is 13.4. The molecule has 0 aliphatic carbocycles. The van der Waals surface area contributed by atoms with Crippen LogP contribution >= 0.6 is 11.3 Å². The van der Waals surface area contributed by atoms with E-state index in [1.807, 2.05) is 32.2 Å². The number of Topliss-reactive ketones (excluding diaryl/α,β-unsaturated/α-hetero) is 1. The molecule has 2 aromatic heterocycles.